The molecule has 2 heterocycles. The van der Waals surface area contributed by atoms with Crippen LogP contribution in [0, 0.1) is 5.92 Å². The van der Waals surface area contributed by atoms with Gasteiger partial charge in [0.15, 0.2) is 0 Å². The van der Waals surface area contributed by atoms with E-state index in [2.05, 4.69) is 5.10 Å². The zero-order valence-electron chi connectivity index (χ0n) is 9.67. The van der Waals surface area contributed by atoms with Crippen molar-refractivity contribution in [1.82, 2.24) is 14.7 Å². The fourth-order valence-electron chi connectivity index (χ4n) is 2.02. The minimum Gasteiger partial charge on any atom is -0.481 e. The van der Waals surface area contributed by atoms with Crippen molar-refractivity contribution in [3.8, 4) is 0 Å². The molecule has 2 rings (SSSR count). The average Bonchev–Trinajstić information content (AvgIpc) is 2.75. The first-order valence-electron chi connectivity index (χ1n) is 5.59. The van der Waals surface area contributed by atoms with Crippen molar-refractivity contribution in [2.75, 3.05) is 13.1 Å². The highest BCUT2D eigenvalue weighted by Crippen LogP contribution is 2.18. The number of hydrogen-bond donors (Lipinski definition) is 1. The number of aryl methyl sites for hydroxylation is 1. The zero-order valence-corrected chi connectivity index (χ0v) is 9.67. The summed E-state index contributed by atoms with van der Waals surface area (Å²) in [6.45, 7) is 0.985. The Kier molecular flexibility index (Phi) is 3.12. The van der Waals surface area contributed by atoms with Crippen molar-refractivity contribution in [1.29, 1.82) is 0 Å². The summed E-state index contributed by atoms with van der Waals surface area (Å²) >= 11 is 0. The maximum Gasteiger partial charge on any atom is 0.306 e. The second-order valence-electron chi connectivity index (χ2n) is 4.28. The molecule has 0 radical (unpaired) electrons. The third-order valence-electron chi connectivity index (χ3n) is 3.06. The van der Waals surface area contributed by atoms with Gasteiger partial charge in [0, 0.05) is 26.3 Å². The summed E-state index contributed by atoms with van der Waals surface area (Å²) in [6.07, 6.45) is 2.76. The molecule has 17 heavy (non-hydrogen) atoms. The number of hydrogen-bond acceptors (Lipinski definition) is 3. The fourth-order valence-corrected chi connectivity index (χ4v) is 2.02. The van der Waals surface area contributed by atoms with Crippen LogP contribution >= 0.6 is 0 Å². The Morgan fingerprint density at radius 3 is 2.53 bits per heavy atom. The van der Waals surface area contributed by atoms with E-state index in [1.165, 1.54) is 0 Å². The number of carbonyl (C=O) groups excluding carboxylic acids is 1. The van der Waals surface area contributed by atoms with Crippen LogP contribution in [-0.2, 0) is 11.8 Å². The van der Waals surface area contributed by atoms with Gasteiger partial charge in [-0.1, -0.05) is 0 Å². The van der Waals surface area contributed by atoms with E-state index in [9.17, 15) is 9.59 Å². The van der Waals surface area contributed by atoms with E-state index >= 15 is 0 Å². The van der Waals surface area contributed by atoms with Crippen molar-refractivity contribution in [3.05, 3.63) is 18.0 Å². The Labute approximate surface area is 98.8 Å². The van der Waals surface area contributed by atoms with Crippen LogP contribution in [0.15, 0.2) is 12.3 Å². The maximum atomic E-state index is 12.0. The predicted octanol–water partition coefficient (Wildman–Crippen LogP) is 0.357. The predicted molar refractivity (Wildman–Crippen MR) is 59.5 cm³/mol. The van der Waals surface area contributed by atoms with Gasteiger partial charge >= 0.3 is 5.97 Å². The van der Waals surface area contributed by atoms with Crippen molar-refractivity contribution in [2.24, 2.45) is 13.0 Å². The molecule has 92 valence electrons. The van der Waals surface area contributed by atoms with Gasteiger partial charge in [0.05, 0.1) is 5.92 Å². The first-order chi connectivity index (χ1) is 8.08. The van der Waals surface area contributed by atoms with Gasteiger partial charge in [0.2, 0.25) is 0 Å². The number of nitrogens with zero attached hydrogens (tertiary/aromatic N) is 3. The van der Waals surface area contributed by atoms with E-state index in [0.29, 0.717) is 31.6 Å². The summed E-state index contributed by atoms with van der Waals surface area (Å²) in [5.74, 6) is -1.20. The molecule has 0 aliphatic carbocycles. The molecule has 1 aromatic rings. The molecule has 0 aromatic carbocycles. The van der Waals surface area contributed by atoms with Crippen LogP contribution in [0.2, 0.25) is 0 Å². The standard InChI is InChI=1S/C11H15N3O3/c1-13-5-4-9(12-13)10(15)14-6-2-8(3-7-14)11(16)17/h4-5,8H,2-3,6-7H2,1H3,(H,16,17). The highest BCUT2D eigenvalue weighted by molar-refractivity contribution is 5.92. The molecule has 0 unspecified atom stereocenters. The Morgan fingerprint density at radius 2 is 2.06 bits per heavy atom. The van der Waals surface area contributed by atoms with Crippen LogP contribution in [0.5, 0.6) is 0 Å². The monoisotopic (exact) mass is 237 g/mol. The van der Waals surface area contributed by atoms with Crippen LogP contribution in [0.4, 0.5) is 0 Å². The summed E-state index contributed by atoms with van der Waals surface area (Å²) in [5, 5.41) is 12.9. The lowest BCUT2D eigenvalue weighted by Gasteiger charge is -2.29. The van der Waals surface area contributed by atoms with Crippen LogP contribution in [0.1, 0.15) is 23.3 Å². The van der Waals surface area contributed by atoms with Crippen LogP contribution < -0.4 is 0 Å². The SMILES string of the molecule is Cn1ccc(C(=O)N2CCC(C(=O)O)CC2)n1. The second kappa shape index (κ2) is 4.57. The third kappa shape index (κ3) is 2.46. The van der Waals surface area contributed by atoms with Crippen LogP contribution in [0.25, 0.3) is 0 Å². The van der Waals surface area contributed by atoms with Crippen molar-refractivity contribution < 1.29 is 14.7 Å². The summed E-state index contributed by atoms with van der Waals surface area (Å²) in [4.78, 5) is 24.4. The highest BCUT2D eigenvalue weighted by Gasteiger charge is 2.28. The highest BCUT2D eigenvalue weighted by atomic mass is 16.4. The number of carbonyl (C=O) groups is 2. The van der Waals surface area contributed by atoms with Crippen molar-refractivity contribution in [3.63, 3.8) is 0 Å². The second-order valence-corrected chi connectivity index (χ2v) is 4.28. The minimum atomic E-state index is -0.769. The summed E-state index contributed by atoms with van der Waals surface area (Å²) in [5.41, 5.74) is 0.418. The number of piperidine rings is 1. The molecule has 1 aliphatic heterocycles. The van der Waals surface area contributed by atoms with E-state index in [4.69, 9.17) is 5.11 Å². The molecule has 0 atom stereocenters. The first-order valence-corrected chi connectivity index (χ1v) is 5.59. The summed E-state index contributed by atoms with van der Waals surface area (Å²) in [6, 6.07) is 1.67. The third-order valence-corrected chi connectivity index (χ3v) is 3.06. The molecule has 6 heteroatoms. The maximum absolute atomic E-state index is 12.0. The smallest absolute Gasteiger partial charge is 0.306 e. The number of aliphatic carboxylic acids is 1. The van der Waals surface area contributed by atoms with E-state index in [1.807, 2.05) is 0 Å². The Bertz CT molecular complexity index is 433. The minimum absolute atomic E-state index is 0.116. The molecule has 0 saturated carbocycles. The Balaban J connectivity index is 1.97. The van der Waals surface area contributed by atoms with E-state index in [1.54, 1.807) is 28.9 Å². The molecule has 1 N–H and O–H groups in total. The van der Waals surface area contributed by atoms with E-state index < -0.39 is 5.97 Å². The molecule has 1 amide bonds. The lowest BCUT2D eigenvalue weighted by atomic mass is 9.97. The molecule has 6 nitrogen and oxygen atoms in total. The van der Waals surface area contributed by atoms with Gasteiger partial charge in [0.1, 0.15) is 5.69 Å². The number of amides is 1. The lowest BCUT2D eigenvalue weighted by molar-refractivity contribution is -0.143. The normalized spacial score (nSPS) is 17.1. The molecular formula is C11H15N3O3. The van der Waals surface area contributed by atoms with Crippen molar-refractivity contribution >= 4 is 11.9 Å². The summed E-state index contributed by atoms with van der Waals surface area (Å²) in [7, 11) is 1.76. The van der Waals surface area contributed by atoms with Gasteiger partial charge in [-0.2, -0.15) is 5.10 Å². The van der Waals surface area contributed by atoms with E-state index in [-0.39, 0.29) is 11.8 Å². The van der Waals surface area contributed by atoms with Gasteiger partial charge in [-0.15, -0.1) is 0 Å². The molecule has 1 aliphatic rings. The number of likely N-dealkylation sites (tertiary alicyclic amines) is 1. The van der Waals surface area contributed by atoms with Gasteiger partial charge in [-0.25, -0.2) is 0 Å². The van der Waals surface area contributed by atoms with Gasteiger partial charge in [-0.05, 0) is 18.9 Å². The Morgan fingerprint density at radius 1 is 1.41 bits per heavy atom. The molecule has 1 saturated heterocycles. The van der Waals surface area contributed by atoms with Crippen LogP contribution in [-0.4, -0.2) is 44.8 Å². The molecule has 1 aromatic heterocycles. The lowest BCUT2D eigenvalue weighted by Crippen LogP contribution is -2.40. The topological polar surface area (TPSA) is 75.4 Å². The van der Waals surface area contributed by atoms with Gasteiger partial charge in [-0.3, -0.25) is 14.3 Å². The van der Waals surface area contributed by atoms with Gasteiger partial charge in [0.25, 0.3) is 5.91 Å². The van der Waals surface area contributed by atoms with Crippen molar-refractivity contribution in [2.45, 2.75) is 12.8 Å². The quantitative estimate of drug-likeness (QED) is 0.805. The van der Waals surface area contributed by atoms with Gasteiger partial charge < -0.3 is 10.0 Å². The van der Waals surface area contributed by atoms with Crippen LogP contribution in [0.3, 0.4) is 0 Å². The Hall–Kier alpha value is -1.85. The molecule has 0 spiro atoms. The largest absolute Gasteiger partial charge is 0.481 e. The zero-order chi connectivity index (χ0) is 12.4. The average molecular weight is 237 g/mol. The first kappa shape index (κ1) is 11.6. The number of aromatic nitrogens is 2. The molecule has 1 fully saturated rings. The number of rotatable bonds is 2. The number of carboxylic acids is 1. The number of carboxylic acid groups (broad SMARTS) is 1. The van der Waals surface area contributed by atoms with E-state index in [0.717, 1.165) is 0 Å². The molecular weight excluding hydrogens is 222 g/mol. The summed E-state index contributed by atoms with van der Waals surface area (Å²) < 4.78 is 1.58. The fraction of sp³-hybridized carbons (Fsp3) is 0.545. The molecule has 0 bridgehead atoms.